The number of para-hydroxylation sites is 3. The van der Waals surface area contributed by atoms with E-state index in [2.05, 4.69) is 200 Å². The van der Waals surface area contributed by atoms with Crippen LogP contribution in [0.5, 0.6) is 11.5 Å². The number of fused-ring (bicyclic) bond motifs is 8. The predicted molar refractivity (Wildman–Crippen MR) is 236 cm³/mol. The first-order valence-electron chi connectivity index (χ1n) is 19.0. The van der Waals surface area contributed by atoms with Crippen LogP contribution in [0, 0.1) is 0 Å². The Kier molecular flexibility index (Phi) is 7.08. The smallest absolute Gasteiger partial charge is 0.256 e. The summed E-state index contributed by atoms with van der Waals surface area (Å²) in [7, 11) is 0. The Morgan fingerprint density at radius 2 is 1.20 bits per heavy atom. The Bertz CT molecular complexity index is 2910. The maximum atomic E-state index is 6.90. The molecule has 0 aliphatic carbocycles. The molecule has 2 aliphatic rings. The first-order chi connectivity index (χ1) is 26.9. The van der Waals surface area contributed by atoms with E-state index in [4.69, 9.17) is 4.74 Å². The van der Waals surface area contributed by atoms with E-state index in [1.165, 1.54) is 64.3 Å². The summed E-state index contributed by atoms with van der Waals surface area (Å²) in [6.07, 6.45) is 0. The summed E-state index contributed by atoms with van der Waals surface area (Å²) in [5.74, 6) is 1.87. The minimum Gasteiger partial charge on any atom is -0.458 e. The molecule has 0 fully saturated rings. The molecule has 0 amide bonds. The molecule has 0 saturated heterocycles. The van der Waals surface area contributed by atoms with Gasteiger partial charge in [-0.25, -0.2) is 0 Å². The van der Waals surface area contributed by atoms with Gasteiger partial charge in [-0.2, -0.15) is 0 Å². The SMILES string of the molecule is CC(C)(C)c1ccc(N2c3ccccc3B3c4cc5sc6cc7cc(N(c8ccccc8)c8ccccc8)ccc7cc6c5cc4Oc4cccc2c43)cc1. The van der Waals surface area contributed by atoms with E-state index in [0.717, 1.165) is 34.2 Å². The van der Waals surface area contributed by atoms with Crippen LogP contribution in [0.4, 0.5) is 34.1 Å². The van der Waals surface area contributed by atoms with Crippen molar-refractivity contribution in [3.05, 3.63) is 175 Å². The van der Waals surface area contributed by atoms with Gasteiger partial charge in [0.2, 0.25) is 0 Å². The van der Waals surface area contributed by atoms with Crippen LogP contribution >= 0.6 is 11.3 Å². The lowest BCUT2D eigenvalue weighted by atomic mass is 9.34. The standard InChI is InChI=1S/C50H37BN2OS/c1-50(2,3)34-22-25-37(26-23-34)53-43-18-11-10-17-41(43)51-42-31-48-40(30-46(42)54-45-20-12-19-44(53)49(45)51)39-28-32-21-24-38(27-33(32)29-47(39)55-48)52(35-13-6-4-7-14-35)36-15-8-5-9-16-36/h4-31H,1-3H3. The highest BCUT2D eigenvalue weighted by Crippen LogP contribution is 2.44. The number of ether oxygens (including phenoxy) is 1. The molecule has 5 heteroatoms. The van der Waals surface area contributed by atoms with E-state index in [1.54, 1.807) is 0 Å². The first kappa shape index (κ1) is 32.2. The maximum absolute atomic E-state index is 6.90. The number of hydrogen-bond donors (Lipinski definition) is 0. The Labute approximate surface area is 325 Å². The van der Waals surface area contributed by atoms with Gasteiger partial charge in [-0.1, -0.05) is 99.6 Å². The highest BCUT2D eigenvalue weighted by atomic mass is 32.1. The van der Waals surface area contributed by atoms with Crippen molar-refractivity contribution in [3.63, 3.8) is 0 Å². The third-order valence-corrected chi connectivity index (χ3v) is 12.5. The van der Waals surface area contributed by atoms with Gasteiger partial charge in [0.05, 0.1) is 0 Å². The highest BCUT2D eigenvalue weighted by molar-refractivity contribution is 7.26. The molecule has 2 aliphatic heterocycles. The van der Waals surface area contributed by atoms with Crippen molar-refractivity contribution in [1.82, 2.24) is 0 Å². The Balaban J connectivity index is 1.04. The quantitative estimate of drug-likeness (QED) is 0.168. The van der Waals surface area contributed by atoms with Crippen molar-refractivity contribution in [2.75, 3.05) is 9.80 Å². The third-order valence-electron chi connectivity index (χ3n) is 11.4. The number of nitrogens with zero attached hydrogens (tertiary/aromatic N) is 2. The molecular formula is C50H37BN2OS. The van der Waals surface area contributed by atoms with Crippen molar-refractivity contribution < 1.29 is 4.74 Å². The molecule has 0 saturated carbocycles. The molecule has 8 aromatic carbocycles. The van der Waals surface area contributed by atoms with Crippen LogP contribution < -0.4 is 30.9 Å². The molecule has 11 rings (SSSR count). The summed E-state index contributed by atoms with van der Waals surface area (Å²) in [5.41, 5.74) is 12.1. The lowest BCUT2D eigenvalue weighted by Crippen LogP contribution is -2.59. The first-order valence-corrected chi connectivity index (χ1v) is 19.9. The fourth-order valence-corrected chi connectivity index (χ4v) is 9.93. The van der Waals surface area contributed by atoms with Crippen molar-refractivity contribution in [1.29, 1.82) is 0 Å². The van der Waals surface area contributed by atoms with Gasteiger partial charge in [-0.05, 0) is 129 Å². The van der Waals surface area contributed by atoms with Crippen LogP contribution in [0.25, 0.3) is 30.9 Å². The topological polar surface area (TPSA) is 15.7 Å². The van der Waals surface area contributed by atoms with Gasteiger partial charge in [-0.3, -0.25) is 0 Å². The van der Waals surface area contributed by atoms with Gasteiger partial charge in [0, 0.05) is 54.3 Å². The average molecular weight is 725 g/mol. The molecular weight excluding hydrogens is 687 g/mol. The summed E-state index contributed by atoms with van der Waals surface area (Å²) >= 11 is 1.87. The third kappa shape index (κ3) is 5.11. The number of hydrogen-bond acceptors (Lipinski definition) is 4. The fraction of sp³-hybridized carbons (Fsp3) is 0.0800. The number of anilines is 6. The number of thiophene rings is 1. The summed E-state index contributed by atoms with van der Waals surface area (Å²) in [4.78, 5) is 4.75. The van der Waals surface area contributed by atoms with E-state index in [-0.39, 0.29) is 12.1 Å². The molecule has 0 spiro atoms. The minimum atomic E-state index is 0.0643. The Morgan fingerprint density at radius 1 is 0.527 bits per heavy atom. The molecule has 9 aromatic rings. The normalized spacial score (nSPS) is 13.1. The van der Waals surface area contributed by atoms with Gasteiger partial charge in [0.1, 0.15) is 11.5 Å². The van der Waals surface area contributed by atoms with Crippen LogP contribution in [0.3, 0.4) is 0 Å². The van der Waals surface area contributed by atoms with E-state index in [0.29, 0.717) is 0 Å². The molecule has 55 heavy (non-hydrogen) atoms. The predicted octanol–water partition coefficient (Wildman–Crippen LogP) is 12.4. The zero-order chi connectivity index (χ0) is 36.8. The lowest BCUT2D eigenvalue weighted by Gasteiger charge is -2.40. The van der Waals surface area contributed by atoms with Crippen molar-refractivity contribution >= 4 is 99.5 Å². The second-order valence-electron chi connectivity index (χ2n) is 15.8. The monoisotopic (exact) mass is 724 g/mol. The zero-order valence-corrected chi connectivity index (χ0v) is 31.8. The molecule has 0 atom stereocenters. The molecule has 1 aromatic heterocycles. The van der Waals surface area contributed by atoms with Gasteiger partial charge >= 0.3 is 0 Å². The molecule has 262 valence electrons. The van der Waals surface area contributed by atoms with Crippen LogP contribution in [-0.2, 0) is 5.41 Å². The molecule has 0 N–H and O–H groups in total. The van der Waals surface area contributed by atoms with Crippen LogP contribution in [-0.4, -0.2) is 6.71 Å². The zero-order valence-electron chi connectivity index (χ0n) is 31.0. The van der Waals surface area contributed by atoms with Crippen molar-refractivity contribution in [2.45, 2.75) is 26.2 Å². The number of benzene rings is 8. The molecule has 3 nitrogen and oxygen atoms in total. The molecule has 0 bridgehead atoms. The van der Waals surface area contributed by atoms with Crippen molar-refractivity contribution in [2.24, 2.45) is 0 Å². The summed E-state index contributed by atoms with van der Waals surface area (Å²) in [6.45, 7) is 6.87. The van der Waals surface area contributed by atoms with Gasteiger partial charge in [0.25, 0.3) is 6.71 Å². The van der Waals surface area contributed by atoms with Crippen LogP contribution in [0.15, 0.2) is 170 Å². The number of rotatable bonds is 4. The van der Waals surface area contributed by atoms with E-state index in [1.807, 2.05) is 11.3 Å². The fourth-order valence-electron chi connectivity index (χ4n) is 8.76. The van der Waals surface area contributed by atoms with E-state index >= 15 is 0 Å². The second-order valence-corrected chi connectivity index (χ2v) is 16.9. The minimum absolute atomic E-state index is 0.0643. The van der Waals surface area contributed by atoms with Crippen LogP contribution in [0.1, 0.15) is 26.3 Å². The molecule has 0 unspecified atom stereocenters. The Hall–Kier alpha value is -6.30. The van der Waals surface area contributed by atoms with Crippen molar-refractivity contribution in [3.8, 4) is 11.5 Å². The average Bonchev–Trinajstić information content (AvgIpc) is 3.55. The van der Waals surface area contributed by atoms with Gasteiger partial charge in [0.15, 0.2) is 0 Å². The molecule has 0 radical (unpaired) electrons. The summed E-state index contributed by atoms with van der Waals surface area (Å²) < 4.78 is 9.46. The summed E-state index contributed by atoms with van der Waals surface area (Å²) in [6, 6.07) is 62.0. The lowest BCUT2D eigenvalue weighted by molar-refractivity contribution is 0.488. The van der Waals surface area contributed by atoms with Gasteiger partial charge < -0.3 is 14.5 Å². The van der Waals surface area contributed by atoms with Crippen LogP contribution in [0.2, 0.25) is 0 Å². The summed E-state index contributed by atoms with van der Waals surface area (Å²) in [5, 5.41) is 4.96. The largest absolute Gasteiger partial charge is 0.458 e. The Morgan fingerprint density at radius 3 is 1.95 bits per heavy atom. The second kappa shape index (κ2) is 12.1. The maximum Gasteiger partial charge on any atom is 0.256 e. The van der Waals surface area contributed by atoms with E-state index in [9.17, 15) is 0 Å². The highest BCUT2D eigenvalue weighted by Gasteiger charge is 2.41. The van der Waals surface area contributed by atoms with E-state index < -0.39 is 0 Å². The molecule has 3 heterocycles. The van der Waals surface area contributed by atoms with Gasteiger partial charge in [-0.15, -0.1) is 11.3 Å².